The molecular weight excluding hydrogens is 146 g/mol. The summed E-state index contributed by atoms with van der Waals surface area (Å²) >= 11 is 0. The Hall–Kier alpha value is -0.720. The van der Waals surface area contributed by atoms with Crippen LogP contribution in [0.5, 0.6) is 0 Å². The van der Waals surface area contributed by atoms with Crippen LogP contribution in [0.3, 0.4) is 0 Å². The second-order valence-corrected chi connectivity index (χ2v) is 3.60. The minimum Gasteiger partial charge on any atom is -0.375 e. The molecule has 0 aromatic carbocycles. The van der Waals surface area contributed by atoms with Gasteiger partial charge in [-0.1, -0.05) is 12.2 Å². The van der Waals surface area contributed by atoms with E-state index in [0.29, 0.717) is 0 Å². The summed E-state index contributed by atoms with van der Waals surface area (Å²) in [5, 5.41) is 0. The smallest absolute Gasteiger partial charge is 0.0178 e. The van der Waals surface area contributed by atoms with Gasteiger partial charge >= 0.3 is 0 Å². The highest BCUT2D eigenvalue weighted by molar-refractivity contribution is 5.30. The van der Waals surface area contributed by atoms with Gasteiger partial charge in [-0.15, -0.1) is 0 Å². The topological polar surface area (TPSA) is 3.24 Å². The van der Waals surface area contributed by atoms with Crippen LogP contribution < -0.4 is 0 Å². The first-order valence-electron chi connectivity index (χ1n) is 5.05. The molecule has 0 saturated carbocycles. The lowest BCUT2D eigenvalue weighted by Gasteiger charge is -2.33. The van der Waals surface area contributed by atoms with E-state index in [1.54, 1.807) is 11.3 Å². The maximum atomic E-state index is 2.54. The summed E-state index contributed by atoms with van der Waals surface area (Å²) in [7, 11) is 0. The second-order valence-electron chi connectivity index (χ2n) is 3.60. The zero-order valence-electron chi connectivity index (χ0n) is 7.84. The Labute approximate surface area is 74.8 Å². The van der Waals surface area contributed by atoms with Gasteiger partial charge < -0.3 is 4.90 Å². The van der Waals surface area contributed by atoms with Crippen LogP contribution in [0.25, 0.3) is 0 Å². The molecule has 1 aliphatic heterocycles. The molecule has 0 saturated heterocycles. The number of rotatable bonds is 1. The maximum absolute atomic E-state index is 2.54. The predicted molar refractivity (Wildman–Crippen MR) is 51.9 cm³/mol. The highest BCUT2D eigenvalue weighted by Crippen LogP contribution is 2.29. The first-order valence-corrected chi connectivity index (χ1v) is 5.05. The first kappa shape index (κ1) is 7.90. The van der Waals surface area contributed by atoms with Crippen molar-refractivity contribution in [2.24, 2.45) is 0 Å². The second kappa shape index (κ2) is 3.34. The molecule has 1 heteroatoms. The van der Waals surface area contributed by atoms with E-state index >= 15 is 0 Å². The lowest BCUT2D eigenvalue weighted by atomic mass is 9.95. The van der Waals surface area contributed by atoms with Crippen LogP contribution in [-0.4, -0.2) is 18.0 Å². The van der Waals surface area contributed by atoms with Crippen molar-refractivity contribution in [3.63, 3.8) is 0 Å². The van der Waals surface area contributed by atoms with Gasteiger partial charge in [-0.25, -0.2) is 0 Å². The van der Waals surface area contributed by atoms with E-state index in [1.165, 1.54) is 38.8 Å². The third-order valence-electron chi connectivity index (χ3n) is 2.88. The van der Waals surface area contributed by atoms with Gasteiger partial charge in [0.05, 0.1) is 0 Å². The van der Waals surface area contributed by atoms with Gasteiger partial charge in [-0.2, -0.15) is 0 Å². The summed E-state index contributed by atoms with van der Waals surface area (Å²) in [6, 6.07) is 0. The van der Waals surface area contributed by atoms with Gasteiger partial charge in [0.2, 0.25) is 0 Å². The first-order chi connectivity index (χ1) is 5.92. The molecule has 0 atom stereocenters. The molecule has 0 spiro atoms. The Bertz CT molecular complexity index is 225. The lowest BCUT2D eigenvalue weighted by molar-refractivity contribution is 0.320. The van der Waals surface area contributed by atoms with Gasteiger partial charge in [0, 0.05) is 18.8 Å². The molecule has 0 radical (unpaired) electrons. The Kier molecular flexibility index (Phi) is 2.20. The average molecular weight is 163 g/mol. The van der Waals surface area contributed by atoms with Gasteiger partial charge in [0.15, 0.2) is 0 Å². The minimum atomic E-state index is 1.19. The van der Waals surface area contributed by atoms with Crippen molar-refractivity contribution in [2.45, 2.75) is 32.6 Å². The zero-order valence-corrected chi connectivity index (χ0v) is 7.84. The fourth-order valence-corrected chi connectivity index (χ4v) is 2.24. The van der Waals surface area contributed by atoms with Gasteiger partial charge in [0.1, 0.15) is 0 Å². The molecule has 1 aliphatic carbocycles. The van der Waals surface area contributed by atoms with Crippen LogP contribution in [0.15, 0.2) is 23.4 Å². The number of hydrogen-bond donors (Lipinski definition) is 0. The summed E-state index contributed by atoms with van der Waals surface area (Å²) < 4.78 is 0. The van der Waals surface area contributed by atoms with Crippen molar-refractivity contribution >= 4 is 0 Å². The third-order valence-corrected chi connectivity index (χ3v) is 2.88. The largest absolute Gasteiger partial charge is 0.375 e. The summed E-state index contributed by atoms with van der Waals surface area (Å²) in [6.07, 6.45) is 9.83. The Morgan fingerprint density at radius 1 is 1.42 bits per heavy atom. The van der Waals surface area contributed by atoms with E-state index in [2.05, 4.69) is 24.0 Å². The zero-order chi connectivity index (χ0) is 8.39. The van der Waals surface area contributed by atoms with Crippen molar-refractivity contribution in [1.29, 1.82) is 0 Å². The van der Waals surface area contributed by atoms with Crippen LogP contribution in [0, 0.1) is 0 Å². The maximum Gasteiger partial charge on any atom is 0.0178 e. The molecule has 1 heterocycles. The summed E-state index contributed by atoms with van der Waals surface area (Å²) in [4.78, 5) is 2.54. The van der Waals surface area contributed by atoms with Crippen LogP contribution in [0.1, 0.15) is 32.6 Å². The van der Waals surface area contributed by atoms with Gasteiger partial charge in [-0.3, -0.25) is 0 Å². The van der Waals surface area contributed by atoms with Gasteiger partial charge in [0.25, 0.3) is 0 Å². The van der Waals surface area contributed by atoms with Crippen LogP contribution in [0.4, 0.5) is 0 Å². The highest BCUT2D eigenvalue weighted by Gasteiger charge is 2.17. The molecule has 2 rings (SSSR count). The molecular formula is C11H17N. The summed E-state index contributed by atoms with van der Waals surface area (Å²) in [5.74, 6) is 0. The van der Waals surface area contributed by atoms with Crippen molar-refractivity contribution in [2.75, 3.05) is 13.1 Å². The SMILES string of the molecule is CCN1CCCC2=C1CCC=C2. The molecule has 0 fully saturated rings. The molecule has 0 bridgehead atoms. The fraction of sp³-hybridized carbons (Fsp3) is 0.636. The molecule has 0 unspecified atom stereocenters. The molecule has 2 aliphatic rings. The lowest BCUT2D eigenvalue weighted by Crippen LogP contribution is -2.29. The molecule has 0 amide bonds. The third kappa shape index (κ3) is 1.28. The monoisotopic (exact) mass is 163 g/mol. The van der Waals surface area contributed by atoms with Crippen LogP contribution >= 0.6 is 0 Å². The highest BCUT2D eigenvalue weighted by atomic mass is 15.1. The van der Waals surface area contributed by atoms with Crippen molar-refractivity contribution in [3.05, 3.63) is 23.4 Å². The van der Waals surface area contributed by atoms with Crippen molar-refractivity contribution in [3.8, 4) is 0 Å². The minimum absolute atomic E-state index is 1.19. The molecule has 0 aromatic rings. The molecule has 0 N–H and O–H groups in total. The summed E-state index contributed by atoms with van der Waals surface area (Å²) in [6.45, 7) is 4.73. The fourth-order valence-electron chi connectivity index (χ4n) is 2.24. The van der Waals surface area contributed by atoms with Crippen molar-refractivity contribution in [1.82, 2.24) is 4.90 Å². The standard InChI is InChI=1S/C11H17N/c1-2-12-9-5-7-10-6-3-4-8-11(10)12/h3,6H,2,4-5,7-9H2,1H3. The van der Waals surface area contributed by atoms with Gasteiger partial charge in [-0.05, 0) is 38.2 Å². The van der Waals surface area contributed by atoms with E-state index in [1.807, 2.05) is 0 Å². The molecule has 0 aromatic heterocycles. The van der Waals surface area contributed by atoms with E-state index in [9.17, 15) is 0 Å². The Morgan fingerprint density at radius 2 is 2.33 bits per heavy atom. The average Bonchev–Trinajstić information content (AvgIpc) is 2.17. The molecule has 1 nitrogen and oxygen atoms in total. The van der Waals surface area contributed by atoms with Crippen molar-refractivity contribution < 1.29 is 0 Å². The number of allylic oxidation sites excluding steroid dienone is 4. The number of hydrogen-bond acceptors (Lipinski definition) is 1. The summed E-state index contributed by atoms with van der Waals surface area (Å²) in [5.41, 5.74) is 3.24. The predicted octanol–water partition coefficient (Wildman–Crippen LogP) is 2.71. The molecule has 12 heavy (non-hydrogen) atoms. The quantitative estimate of drug-likeness (QED) is 0.574. The van der Waals surface area contributed by atoms with E-state index in [4.69, 9.17) is 0 Å². The Balaban J connectivity index is 2.24. The normalized spacial score (nSPS) is 22.9. The van der Waals surface area contributed by atoms with E-state index < -0.39 is 0 Å². The van der Waals surface area contributed by atoms with Crippen LogP contribution in [0.2, 0.25) is 0 Å². The molecule has 66 valence electrons. The number of nitrogens with zero attached hydrogens (tertiary/aromatic N) is 1. The van der Waals surface area contributed by atoms with E-state index in [0.717, 1.165) is 0 Å². The Morgan fingerprint density at radius 3 is 3.17 bits per heavy atom. The van der Waals surface area contributed by atoms with Crippen LogP contribution in [-0.2, 0) is 0 Å². The van der Waals surface area contributed by atoms with E-state index in [-0.39, 0.29) is 0 Å².